The summed E-state index contributed by atoms with van der Waals surface area (Å²) in [5.74, 6) is 0. The molecule has 3 rings (SSSR count). The quantitative estimate of drug-likeness (QED) is 0.780. The third-order valence-electron chi connectivity index (χ3n) is 3.32. The summed E-state index contributed by atoms with van der Waals surface area (Å²) in [5, 5.41) is 3.56. The van der Waals surface area contributed by atoms with Gasteiger partial charge in [0.15, 0.2) is 0 Å². The largest absolute Gasteiger partial charge is 0.375 e. The van der Waals surface area contributed by atoms with Crippen LogP contribution in [-0.2, 0) is 11.2 Å². The summed E-state index contributed by atoms with van der Waals surface area (Å²) in [6.07, 6.45) is 2.64. The van der Waals surface area contributed by atoms with Gasteiger partial charge in [-0.2, -0.15) is 0 Å². The molecule has 0 aromatic heterocycles. The van der Waals surface area contributed by atoms with E-state index in [0.29, 0.717) is 12.1 Å². The topological polar surface area (TPSA) is 21.3 Å². The van der Waals surface area contributed by atoms with Crippen LogP contribution in [0.2, 0.25) is 0 Å². The Balaban J connectivity index is 2.05. The van der Waals surface area contributed by atoms with Gasteiger partial charge in [-0.3, -0.25) is 0 Å². The van der Waals surface area contributed by atoms with Gasteiger partial charge in [-0.25, -0.2) is 0 Å². The van der Waals surface area contributed by atoms with Gasteiger partial charge >= 0.3 is 0 Å². The van der Waals surface area contributed by atoms with Crippen molar-refractivity contribution in [2.45, 2.75) is 25.0 Å². The van der Waals surface area contributed by atoms with E-state index < -0.39 is 0 Å². The summed E-state index contributed by atoms with van der Waals surface area (Å²) < 4.78 is 7.03. The lowest BCUT2D eigenvalue weighted by Gasteiger charge is -2.38. The Bertz CT molecular complexity index is 380. The third-order valence-corrected chi connectivity index (χ3v) is 4.01. The number of morpholine rings is 1. The monoisotopic (exact) mass is 267 g/mol. The lowest BCUT2D eigenvalue weighted by molar-refractivity contribution is -0.0140. The molecule has 80 valence electrons. The Labute approximate surface area is 98.1 Å². The molecule has 0 radical (unpaired) electrons. The van der Waals surface area contributed by atoms with Gasteiger partial charge in [-0.05, 0) is 30.0 Å². The summed E-state index contributed by atoms with van der Waals surface area (Å²) in [5.41, 5.74) is 2.87. The van der Waals surface area contributed by atoms with Crippen LogP contribution in [-0.4, -0.2) is 19.3 Å². The molecule has 2 nitrogen and oxygen atoms in total. The Kier molecular flexibility index (Phi) is 2.54. The van der Waals surface area contributed by atoms with Crippen molar-refractivity contribution in [3.8, 4) is 0 Å². The average molecular weight is 268 g/mol. The number of nitrogens with one attached hydrogen (secondary N) is 1. The molecule has 2 unspecified atom stereocenters. The van der Waals surface area contributed by atoms with Crippen molar-refractivity contribution in [3.05, 3.63) is 33.8 Å². The van der Waals surface area contributed by atoms with E-state index in [1.165, 1.54) is 15.6 Å². The van der Waals surface area contributed by atoms with Gasteiger partial charge in [0.1, 0.15) is 0 Å². The third kappa shape index (κ3) is 1.63. The van der Waals surface area contributed by atoms with E-state index in [9.17, 15) is 0 Å². The molecule has 15 heavy (non-hydrogen) atoms. The van der Waals surface area contributed by atoms with E-state index in [-0.39, 0.29) is 0 Å². The highest BCUT2D eigenvalue weighted by atomic mass is 79.9. The van der Waals surface area contributed by atoms with Crippen molar-refractivity contribution < 1.29 is 4.74 Å². The van der Waals surface area contributed by atoms with E-state index >= 15 is 0 Å². The second-order valence-electron chi connectivity index (χ2n) is 4.19. The minimum absolute atomic E-state index is 0.366. The zero-order valence-corrected chi connectivity index (χ0v) is 10.1. The number of halogens is 1. The standard InChI is InChI=1S/C12H14BrNO/c13-9-3-1-2-8-4-5-10-12(11(8)9)14-6-7-15-10/h1-3,10,12,14H,4-7H2. The number of aryl methyl sites for hydroxylation is 1. The van der Waals surface area contributed by atoms with Crippen molar-refractivity contribution in [1.82, 2.24) is 5.32 Å². The van der Waals surface area contributed by atoms with E-state index in [4.69, 9.17) is 4.74 Å². The summed E-state index contributed by atoms with van der Waals surface area (Å²) >= 11 is 3.65. The summed E-state index contributed by atoms with van der Waals surface area (Å²) in [6.45, 7) is 1.81. The van der Waals surface area contributed by atoms with Gasteiger partial charge < -0.3 is 10.1 Å². The first kappa shape index (κ1) is 9.82. The summed E-state index contributed by atoms with van der Waals surface area (Å²) in [4.78, 5) is 0. The van der Waals surface area contributed by atoms with Crippen LogP contribution in [0.25, 0.3) is 0 Å². The zero-order chi connectivity index (χ0) is 10.3. The first-order chi connectivity index (χ1) is 7.36. The first-order valence-corrected chi connectivity index (χ1v) is 6.28. The van der Waals surface area contributed by atoms with Crippen LogP contribution < -0.4 is 5.32 Å². The van der Waals surface area contributed by atoms with Gasteiger partial charge in [0.05, 0.1) is 18.8 Å². The predicted molar refractivity (Wildman–Crippen MR) is 62.9 cm³/mol. The number of hydrogen-bond donors (Lipinski definition) is 1. The zero-order valence-electron chi connectivity index (χ0n) is 8.50. The van der Waals surface area contributed by atoms with Crippen LogP contribution in [0.15, 0.2) is 22.7 Å². The highest BCUT2D eigenvalue weighted by molar-refractivity contribution is 9.10. The molecule has 0 spiro atoms. The minimum atomic E-state index is 0.366. The number of hydrogen-bond acceptors (Lipinski definition) is 2. The van der Waals surface area contributed by atoms with E-state index in [1.807, 2.05) is 0 Å². The van der Waals surface area contributed by atoms with Gasteiger partial charge in [-0.1, -0.05) is 28.1 Å². The van der Waals surface area contributed by atoms with Crippen molar-refractivity contribution in [2.75, 3.05) is 13.2 Å². The molecular weight excluding hydrogens is 254 g/mol. The highest BCUT2D eigenvalue weighted by Gasteiger charge is 2.33. The van der Waals surface area contributed by atoms with Gasteiger partial charge in [0.2, 0.25) is 0 Å². The lowest BCUT2D eigenvalue weighted by atomic mass is 9.85. The molecule has 1 N–H and O–H groups in total. The number of fused-ring (bicyclic) bond motifs is 3. The number of benzene rings is 1. The van der Waals surface area contributed by atoms with Crippen LogP contribution in [0.4, 0.5) is 0 Å². The summed E-state index contributed by atoms with van der Waals surface area (Å²) in [6, 6.07) is 6.86. The van der Waals surface area contributed by atoms with Gasteiger partial charge in [0.25, 0.3) is 0 Å². The van der Waals surface area contributed by atoms with E-state index in [2.05, 4.69) is 39.4 Å². The maximum atomic E-state index is 5.81. The van der Waals surface area contributed by atoms with Crippen molar-refractivity contribution in [1.29, 1.82) is 0 Å². The van der Waals surface area contributed by atoms with Crippen LogP contribution in [0.3, 0.4) is 0 Å². The lowest BCUT2D eigenvalue weighted by Crippen LogP contribution is -2.44. The fraction of sp³-hybridized carbons (Fsp3) is 0.500. The normalized spacial score (nSPS) is 29.4. The van der Waals surface area contributed by atoms with Crippen LogP contribution in [0.5, 0.6) is 0 Å². The molecule has 1 aromatic carbocycles. The maximum Gasteiger partial charge on any atom is 0.0774 e. The smallest absolute Gasteiger partial charge is 0.0774 e. The molecule has 0 amide bonds. The number of ether oxygens (including phenoxy) is 1. The predicted octanol–water partition coefficient (Wildman–Crippen LogP) is 2.42. The summed E-state index contributed by atoms with van der Waals surface area (Å²) in [7, 11) is 0. The van der Waals surface area contributed by atoms with E-state index in [0.717, 1.165) is 26.0 Å². The minimum Gasteiger partial charge on any atom is -0.375 e. The number of rotatable bonds is 0. The molecule has 2 aliphatic rings. The molecule has 3 heteroatoms. The fourth-order valence-electron chi connectivity index (χ4n) is 2.64. The molecule has 1 aliphatic carbocycles. The SMILES string of the molecule is Brc1cccc2c1C1NCCOC1CC2. The Hall–Kier alpha value is -0.380. The molecule has 1 aromatic rings. The Morgan fingerprint density at radius 3 is 3.27 bits per heavy atom. The van der Waals surface area contributed by atoms with E-state index in [1.54, 1.807) is 0 Å². The van der Waals surface area contributed by atoms with Crippen molar-refractivity contribution >= 4 is 15.9 Å². The maximum absolute atomic E-state index is 5.81. The van der Waals surface area contributed by atoms with Crippen LogP contribution in [0, 0.1) is 0 Å². The second kappa shape index (κ2) is 3.89. The Morgan fingerprint density at radius 1 is 1.40 bits per heavy atom. The highest BCUT2D eigenvalue weighted by Crippen LogP contribution is 2.37. The first-order valence-electron chi connectivity index (χ1n) is 5.48. The molecule has 1 saturated heterocycles. The van der Waals surface area contributed by atoms with Gasteiger partial charge in [-0.15, -0.1) is 0 Å². The average Bonchev–Trinajstić information content (AvgIpc) is 2.29. The van der Waals surface area contributed by atoms with Gasteiger partial charge in [0, 0.05) is 11.0 Å². The van der Waals surface area contributed by atoms with Crippen molar-refractivity contribution in [3.63, 3.8) is 0 Å². The molecule has 0 saturated carbocycles. The van der Waals surface area contributed by atoms with Crippen molar-refractivity contribution in [2.24, 2.45) is 0 Å². The fourth-order valence-corrected chi connectivity index (χ4v) is 3.29. The second-order valence-corrected chi connectivity index (χ2v) is 5.05. The molecule has 1 fully saturated rings. The molecule has 1 heterocycles. The molecular formula is C12H14BrNO. The molecule has 0 bridgehead atoms. The molecule has 2 atom stereocenters. The van der Waals surface area contributed by atoms with Crippen LogP contribution in [0.1, 0.15) is 23.6 Å². The Morgan fingerprint density at radius 2 is 2.33 bits per heavy atom. The van der Waals surface area contributed by atoms with Crippen LogP contribution >= 0.6 is 15.9 Å². The molecule has 1 aliphatic heterocycles.